The van der Waals surface area contributed by atoms with Gasteiger partial charge in [-0.05, 0) is 0 Å². The molecule has 0 radical (unpaired) electrons. The van der Waals surface area contributed by atoms with Crippen molar-refractivity contribution in [3.63, 3.8) is 0 Å². The molecule has 0 bridgehead atoms. The van der Waals surface area contributed by atoms with Crippen LogP contribution in [0, 0.1) is 0 Å². The maximum Gasteiger partial charge on any atom is 0.243 e. The van der Waals surface area contributed by atoms with E-state index in [4.69, 9.17) is 4.74 Å². The lowest BCUT2D eigenvalue weighted by molar-refractivity contribution is -0.912. The van der Waals surface area contributed by atoms with Crippen LogP contribution in [0.3, 0.4) is 0 Å². The molecule has 1 aromatic carbocycles. The standard InChI is InChI=1S/C12H18NO2/c1-13(2)8-9-15-12(14,10-13)11-6-4-3-5-7-11/h3-7,14H,8-10H2,1-2H3/q+1/i1-1. The summed E-state index contributed by atoms with van der Waals surface area (Å²) in [6.07, 6.45) is 0. The van der Waals surface area contributed by atoms with Crippen LogP contribution in [-0.2, 0) is 10.5 Å². The number of likely N-dealkylation sites (N-methyl/N-ethyl adjacent to an activating group) is 1. The van der Waals surface area contributed by atoms with Gasteiger partial charge < -0.3 is 14.3 Å². The Labute approximate surface area is 90.5 Å². The van der Waals surface area contributed by atoms with Crippen LogP contribution in [0.1, 0.15) is 5.56 Å². The van der Waals surface area contributed by atoms with E-state index in [1.54, 1.807) is 0 Å². The van der Waals surface area contributed by atoms with Gasteiger partial charge in [0.05, 0.1) is 20.7 Å². The summed E-state index contributed by atoms with van der Waals surface area (Å²) in [5.41, 5.74) is 0.843. The van der Waals surface area contributed by atoms with Gasteiger partial charge in [0.2, 0.25) is 5.79 Å². The summed E-state index contributed by atoms with van der Waals surface area (Å²) in [4.78, 5) is 0. The number of ether oxygens (including phenoxy) is 1. The monoisotopic (exact) mass is 207 g/mol. The Kier molecular flexibility index (Phi) is 2.54. The highest BCUT2D eigenvalue weighted by Crippen LogP contribution is 2.28. The lowest BCUT2D eigenvalue weighted by Gasteiger charge is -2.42. The molecule has 3 nitrogen and oxygen atoms in total. The van der Waals surface area contributed by atoms with E-state index in [0.29, 0.717) is 13.2 Å². The summed E-state index contributed by atoms with van der Waals surface area (Å²) in [6, 6.07) is 9.60. The van der Waals surface area contributed by atoms with Crippen LogP contribution >= 0.6 is 0 Å². The van der Waals surface area contributed by atoms with Gasteiger partial charge in [-0.3, -0.25) is 0 Å². The molecule has 1 N–H and O–H groups in total. The van der Waals surface area contributed by atoms with Gasteiger partial charge in [-0.25, -0.2) is 0 Å². The Bertz CT molecular complexity index is 337. The molecule has 0 spiro atoms. The largest absolute Gasteiger partial charge is 0.357 e. The summed E-state index contributed by atoms with van der Waals surface area (Å²) in [7, 11) is 4.22. The van der Waals surface area contributed by atoms with Crippen molar-refractivity contribution in [3.05, 3.63) is 35.9 Å². The highest BCUT2D eigenvalue weighted by atomic mass is 16.6. The lowest BCUT2D eigenvalue weighted by atomic mass is 10.0. The maximum atomic E-state index is 10.4. The van der Waals surface area contributed by atoms with Crippen molar-refractivity contribution in [2.45, 2.75) is 5.79 Å². The summed E-state index contributed by atoms with van der Waals surface area (Å²) in [5, 5.41) is 10.4. The predicted octanol–water partition coefficient (Wildman–Crippen LogP) is 0.938. The van der Waals surface area contributed by atoms with E-state index < -0.39 is 5.79 Å². The van der Waals surface area contributed by atoms with Crippen molar-refractivity contribution in [2.75, 3.05) is 33.8 Å². The number of hydrogen-bond acceptors (Lipinski definition) is 2. The first kappa shape index (κ1) is 10.6. The molecule has 2 atom stereocenters. The first-order chi connectivity index (χ1) is 7.02. The second kappa shape index (κ2) is 3.59. The third-order valence-corrected chi connectivity index (χ3v) is 2.90. The number of aliphatic hydroxyl groups is 1. The average molecular weight is 207 g/mol. The zero-order valence-electron chi connectivity index (χ0n) is 9.31. The highest BCUT2D eigenvalue weighted by molar-refractivity contribution is 5.20. The van der Waals surface area contributed by atoms with Crippen LogP contribution in [0.2, 0.25) is 0 Å². The summed E-state index contributed by atoms with van der Waals surface area (Å²) >= 11 is 0. The fourth-order valence-corrected chi connectivity index (χ4v) is 2.04. The molecule has 1 aliphatic heterocycles. The Balaban J connectivity index is 2.27. The summed E-state index contributed by atoms with van der Waals surface area (Å²) < 4.78 is 6.31. The molecule has 0 aliphatic carbocycles. The van der Waals surface area contributed by atoms with Gasteiger partial charge in [-0.1, -0.05) is 30.3 Å². The van der Waals surface area contributed by atoms with Crippen molar-refractivity contribution in [2.24, 2.45) is 0 Å². The van der Waals surface area contributed by atoms with Crippen LogP contribution in [-0.4, -0.2) is 43.4 Å². The minimum absolute atomic E-state index is 0.594. The molecule has 1 aliphatic rings. The molecule has 0 saturated carbocycles. The van der Waals surface area contributed by atoms with E-state index in [1.807, 2.05) is 30.3 Å². The summed E-state index contributed by atoms with van der Waals surface area (Å²) in [5.74, 6) is -1.12. The number of hydrogen-bond donors (Lipinski definition) is 1. The molecule has 1 saturated heterocycles. The average Bonchev–Trinajstić information content (AvgIpc) is 2.17. The van der Waals surface area contributed by atoms with Crippen molar-refractivity contribution < 1.29 is 14.3 Å². The fourth-order valence-electron chi connectivity index (χ4n) is 2.04. The zero-order chi connectivity index (χ0) is 10.9. The van der Waals surface area contributed by atoms with Crippen molar-refractivity contribution in [1.82, 2.24) is 0 Å². The van der Waals surface area contributed by atoms with Gasteiger partial charge in [-0.2, -0.15) is 0 Å². The third kappa shape index (κ3) is 2.20. The van der Waals surface area contributed by atoms with E-state index in [2.05, 4.69) is 14.1 Å². The van der Waals surface area contributed by atoms with Crippen molar-refractivity contribution in [1.29, 1.82) is 0 Å². The molecule has 0 amide bonds. The molecule has 2 unspecified atom stereocenters. The minimum Gasteiger partial charge on any atom is -0.357 e. The highest BCUT2D eigenvalue weighted by Gasteiger charge is 2.41. The Morgan fingerprint density at radius 1 is 1.27 bits per heavy atom. The Morgan fingerprint density at radius 2 is 1.93 bits per heavy atom. The molecular formula is C12H18NO2+. The molecule has 1 fully saturated rings. The van der Waals surface area contributed by atoms with Gasteiger partial charge in [0, 0.05) is 5.56 Å². The quantitative estimate of drug-likeness (QED) is 0.694. The van der Waals surface area contributed by atoms with E-state index in [-0.39, 0.29) is 0 Å². The SMILES string of the molecule is C[N+]1([11CH3])CCOC(O)(c2ccccc2)C1. The van der Waals surface area contributed by atoms with Crippen molar-refractivity contribution >= 4 is 0 Å². The van der Waals surface area contributed by atoms with Crippen LogP contribution < -0.4 is 0 Å². The minimum atomic E-state index is -1.12. The first-order valence-electron chi connectivity index (χ1n) is 5.26. The zero-order valence-corrected chi connectivity index (χ0v) is 9.31. The lowest BCUT2D eigenvalue weighted by Crippen LogP contribution is -2.57. The number of morpholine rings is 1. The topological polar surface area (TPSA) is 29.5 Å². The van der Waals surface area contributed by atoms with E-state index >= 15 is 0 Å². The second-order valence-corrected chi connectivity index (χ2v) is 4.82. The molecule has 1 aromatic rings. The molecular weight excluding hydrogens is 189 g/mol. The van der Waals surface area contributed by atoms with Crippen LogP contribution in [0.15, 0.2) is 30.3 Å². The maximum absolute atomic E-state index is 10.4. The van der Waals surface area contributed by atoms with Crippen LogP contribution in [0.25, 0.3) is 0 Å². The predicted molar refractivity (Wildman–Crippen MR) is 58.1 cm³/mol. The van der Waals surface area contributed by atoms with E-state index in [1.165, 1.54) is 0 Å². The van der Waals surface area contributed by atoms with Crippen LogP contribution in [0.4, 0.5) is 0 Å². The Morgan fingerprint density at radius 3 is 2.53 bits per heavy atom. The van der Waals surface area contributed by atoms with Gasteiger partial charge >= 0.3 is 0 Å². The normalized spacial score (nSPS) is 36.5. The van der Waals surface area contributed by atoms with Gasteiger partial charge in [0.25, 0.3) is 0 Å². The van der Waals surface area contributed by atoms with Gasteiger partial charge in [0.15, 0.2) is 0 Å². The smallest absolute Gasteiger partial charge is 0.243 e. The number of rotatable bonds is 1. The Hall–Kier alpha value is -0.900. The molecule has 0 aromatic heterocycles. The molecule has 1 heterocycles. The van der Waals surface area contributed by atoms with Crippen molar-refractivity contribution in [3.8, 4) is 0 Å². The van der Waals surface area contributed by atoms with E-state index in [0.717, 1.165) is 16.6 Å². The summed E-state index contributed by atoms with van der Waals surface area (Å²) in [6.45, 7) is 2.13. The van der Waals surface area contributed by atoms with E-state index in [9.17, 15) is 5.11 Å². The third-order valence-electron chi connectivity index (χ3n) is 2.90. The number of nitrogens with zero attached hydrogens (tertiary/aromatic N) is 1. The van der Waals surface area contributed by atoms with Gasteiger partial charge in [0.1, 0.15) is 13.1 Å². The molecule has 82 valence electrons. The molecule has 3 heteroatoms. The van der Waals surface area contributed by atoms with Gasteiger partial charge in [-0.15, -0.1) is 0 Å². The molecule has 15 heavy (non-hydrogen) atoms. The van der Waals surface area contributed by atoms with Crippen LogP contribution in [0.5, 0.6) is 0 Å². The number of benzene rings is 1. The molecule has 2 rings (SSSR count). The second-order valence-electron chi connectivity index (χ2n) is 4.82. The fraction of sp³-hybridized carbons (Fsp3) is 0.500. The number of quaternary nitrogens is 1. The first-order valence-corrected chi connectivity index (χ1v) is 5.26.